The summed E-state index contributed by atoms with van der Waals surface area (Å²) in [4.78, 5) is 24.3. The van der Waals surface area contributed by atoms with Crippen LogP contribution < -0.4 is 14.8 Å². The summed E-state index contributed by atoms with van der Waals surface area (Å²) in [5.74, 6) is -1.00. The molecule has 0 radical (unpaired) electrons. The lowest BCUT2D eigenvalue weighted by molar-refractivity contribution is -0.137. The second-order valence-corrected chi connectivity index (χ2v) is 7.53. The summed E-state index contributed by atoms with van der Waals surface area (Å²) in [6, 6.07) is 15.8. The Morgan fingerprint density at radius 3 is 2.50 bits per heavy atom. The molecule has 0 fully saturated rings. The van der Waals surface area contributed by atoms with Crippen molar-refractivity contribution in [1.29, 1.82) is 0 Å². The molecule has 0 aliphatic rings. The SMILES string of the molecule is COc1cc(CC(=O)Nc2cc(-c3cccc(OC(=O)C(C)C)c3)ccc2F)ccc1O. The average molecular weight is 437 g/mol. The summed E-state index contributed by atoms with van der Waals surface area (Å²) >= 11 is 0. The molecular weight excluding hydrogens is 413 g/mol. The molecule has 0 heterocycles. The van der Waals surface area contributed by atoms with Crippen LogP contribution in [0.25, 0.3) is 11.1 Å². The number of ether oxygens (including phenoxy) is 2. The van der Waals surface area contributed by atoms with Gasteiger partial charge in [-0.1, -0.05) is 38.1 Å². The standard InChI is InChI=1S/C25H24FNO5/c1-15(2)25(30)32-19-6-4-5-17(13-19)18-8-9-20(26)21(14-18)27-24(29)12-16-7-10-22(28)23(11-16)31-3/h4-11,13-15,28H,12H2,1-3H3,(H,27,29). The number of benzene rings is 3. The van der Waals surface area contributed by atoms with E-state index in [0.29, 0.717) is 22.4 Å². The third-order valence-corrected chi connectivity index (χ3v) is 4.71. The summed E-state index contributed by atoms with van der Waals surface area (Å²) in [6.45, 7) is 3.49. The third-order valence-electron chi connectivity index (χ3n) is 4.71. The van der Waals surface area contributed by atoms with E-state index < -0.39 is 11.7 Å². The Bertz CT molecular complexity index is 1140. The number of amides is 1. The number of methoxy groups -OCH3 is 1. The Balaban J connectivity index is 1.77. The van der Waals surface area contributed by atoms with E-state index in [4.69, 9.17) is 9.47 Å². The third kappa shape index (κ3) is 5.63. The van der Waals surface area contributed by atoms with Gasteiger partial charge in [-0.15, -0.1) is 0 Å². The second kappa shape index (κ2) is 9.96. The molecule has 0 unspecified atom stereocenters. The molecule has 3 rings (SSSR count). The molecule has 1 amide bonds. The topological polar surface area (TPSA) is 84.9 Å². The van der Waals surface area contributed by atoms with E-state index >= 15 is 0 Å². The fourth-order valence-corrected chi connectivity index (χ4v) is 2.99. The number of anilines is 1. The summed E-state index contributed by atoms with van der Waals surface area (Å²) in [7, 11) is 1.42. The summed E-state index contributed by atoms with van der Waals surface area (Å²) < 4.78 is 24.7. The molecule has 7 heteroatoms. The molecule has 0 aliphatic heterocycles. The van der Waals surface area contributed by atoms with Gasteiger partial charge >= 0.3 is 5.97 Å². The fourth-order valence-electron chi connectivity index (χ4n) is 2.99. The monoisotopic (exact) mass is 437 g/mol. The number of carbonyl (C=O) groups is 2. The molecule has 0 spiro atoms. The van der Waals surface area contributed by atoms with Gasteiger partial charge in [-0.25, -0.2) is 4.39 Å². The van der Waals surface area contributed by atoms with Gasteiger partial charge in [0.05, 0.1) is 25.1 Å². The number of esters is 1. The van der Waals surface area contributed by atoms with Gasteiger partial charge in [0.25, 0.3) is 0 Å². The average Bonchev–Trinajstić information content (AvgIpc) is 2.76. The van der Waals surface area contributed by atoms with E-state index in [0.717, 1.165) is 0 Å². The van der Waals surface area contributed by atoms with Crippen molar-refractivity contribution in [2.45, 2.75) is 20.3 Å². The highest BCUT2D eigenvalue weighted by atomic mass is 19.1. The number of phenols is 1. The van der Waals surface area contributed by atoms with E-state index in [-0.39, 0.29) is 35.5 Å². The van der Waals surface area contributed by atoms with Crippen molar-refractivity contribution in [3.05, 3.63) is 72.0 Å². The van der Waals surface area contributed by atoms with E-state index in [1.165, 1.54) is 25.3 Å². The van der Waals surface area contributed by atoms with Crippen molar-refractivity contribution >= 4 is 17.6 Å². The molecule has 0 atom stereocenters. The highest BCUT2D eigenvalue weighted by Crippen LogP contribution is 2.29. The van der Waals surface area contributed by atoms with E-state index in [1.54, 1.807) is 56.3 Å². The van der Waals surface area contributed by atoms with E-state index in [2.05, 4.69) is 5.32 Å². The highest BCUT2D eigenvalue weighted by molar-refractivity contribution is 5.93. The number of phenolic OH excluding ortho intramolecular Hbond substituents is 1. The molecule has 2 N–H and O–H groups in total. The smallest absolute Gasteiger partial charge is 0.313 e. The minimum Gasteiger partial charge on any atom is -0.504 e. The second-order valence-electron chi connectivity index (χ2n) is 7.53. The van der Waals surface area contributed by atoms with Crippen LogP contribution >= 0.6 is 0 Å². The Hall–Kier alpha value is -3.87. The molecule has 3 aromatic carbocycles. The molecule has 6 nitrogen and oxygen atoms in total. The van der Waals surface area contributed by atoms with Crippen molar-refractivity contribution in [2.75, 3.05) is 12.4 Å². The Morgan fingerprint density at radius 1 is 1.03 bits per heavy atom. The molecular formula is C25H24FNO5. The van der Waals surface area contributed by atoms with Gasteiger partial charge in [0.15, 0.2) is 11.5 Å². The minimum atomic E-state index is -0.576. The molecule has 0 saturated carbocycles. The van der Waals surface area contributed by atoms with Crippen LogP contribution in [0, 0.1) is 11.7 Å². The normalized spacial score (nSPS) is 10.7. The van der Waals surface area contributed by atoms with Crippen LogP contribution in [0.5, 0.6) is 17.2 Å². The van der Waals surface area contributed by atoms with Crippen molar-refractivity contribution in [1.82, 2.24) is 0 Å². The maximum Gasteiger partial charge on any atom is 0.313 e. The predicted molar refractivity (Wildman–Crippen MR) is 119 cm³/mol. The molecule has 0 bridgehead atoms. The number of hydrogen-bond acceptors (Lipinski definition) is 5. The van der Waals surface area contributed by atoms with Crippen LogP contribution in [0.3, 0.4) is 0 Å². The zero-order valence-electron chi connectivity index (χ0n) is 18.0. The Morgan fingerprint density at radius 2 is 1.78 bits per heavy atom. The largest absolute Gasteiger partial charge is 0.504 e. The van der Waals surface area contributed by atoms with Crippen LogP contribution in [0.4, 0.5) is 10.1 Å². The lowest BCUT2D eigenvalue weighted by Crippen LogP contribution is -2.15. The van der Waals surface area contributed by atoms with Gasteiger partial charge in [-0.2, -0.15) is 0 Å². The van der Waals surface area contributed by atoms with Crippen LogP contribution in [-0.4, -0.2) is 24.1 Å². The lowest BCUT2D eigenvalue weighted by atomic mass is 10.0. The first kappa shape index (κ1) is 22.8. The fraction of sp³-hybridized carbons (Fsp3) is 0.200. The number of aromatic hydroxyl groups is 1. The highest BCUT2D eigenvalue weighted by Gasteiger charge is 2.13. The van der Waals surface area contributed by atoms with Crippen molar-refractivity contribution in [2.24, 2.45) is 5.92 Å². The number of hydrogen-bond donors (Lipinski definition) is 2. The summed E-state index contributed by atoms with van der Waals surface area (Å²) in [5.41, 5.74) is 1.99. The summed E-state index contributed by atoms with van der Waals surface area (Å²) in [5, 5.41) is 12.3. The predicted octanol–water partition coefficient (Wildman–Crippen LogP) is 4.95. The molecule has 3 aromatic rings. The van der Waals surface area contributed by atoms with Gasteiger partial charge in [0.1, 0.15) is 11.6 Å². The van der Waals surface area contributed by atoms with Crippen LogP contribution in [0.2, 0.25) is 0 Å². The van der Waals surface area contributed by atoms with Gasteiger partial charge in [-0.05, 0) is 53.1 Å². The summed E-state index contributed by atoms with van der Waals surface area (Å²) in [6.07, 6.45) is -0.0268. The van der Waals surface area contributed by atoms with Crippen molar-refractivity contribution < 1.29 is 28.6 Å². The first-order chi connectivity index (χ1) is 15.3. The number of rotatable bonds is 7. The first-order valence-electron chi connectivity index (χ1n) is 10.0. The minimum absolute atomic E-state index is 0.0268. The van der Waals surface area contributed by atoms with E-state index in [9.17, 15) is 19.1 Å². The Kier molecular flexibility index (Phi) is 7.10. The van der Waals surface area contributed by atoms with Crippen LogP contribution in [-0.2, 0) is 16.0 Å². The van der Waals surface area contributed by atoms with Gasteiger partial charge in [0.2, 0.25) is 5.91 Å². The molecule has 166 valence electrons. The van der Waals surface area contributed by atoms with Gasteiger partial charge in [-0.3, -0.25) is 9.59 Å². The molecule has 0 aliphatic carbocycles. The van der Waals surface area contributed by atoms with Crippen molar-refractivity contribution in [3.8, 4) is 28.4 Å². The first-order valence-corrected chi connectivity index (χ1v) is 10.0. The zero-order valence-corrected chi connectivity index (χ0v) is 18.0. The number of halogens is 1. The Labute approximate surface area is 185 Å². The number of nitrogens with one attached hydrogen (secondary N) is 1. The van der Waals surface area contributed by atoms with Crippen LogP contribution in [0.1, 0.15) is 19.4 Å². The van der Waals surface area contributed by atoms with E-state index in [1.807, 2.05) is 0 Å². The maximum atomic E-state index is 14.4. The van der Waals surface area contributed by atoms with Gasteiger partial charge in [0, 0.05) is 0 Å². The van der Waals surface area contributed by atoms with Crippen LogP contribution in [0.15, 0.2) is 60.7 Å². The molecule has 0 aromatic heterocycles. The number of carbonyl (C=O) groups excluding carboxylic acids is 2. The zero-order chi connectivity index (χ0) is 23.3. The molecule has 0 saturated heterocycles. The van der Waals surface area contributed by atoms with Gasteiger partial charge < -0.3 is 19.9 Å². The lowest BCUT2D eigenvalue weighted by Gasteiger charge is -2.11. The quantitative estimate of drug-likeness (QED) is 0.404. The molecule has 32 heavy (non-hydrogen) atoms. The maximum absolute atomic E-state index is 14.4. The van der Waals surface area contributed by atoms with Crippen molar-refractivity contribution in [3.63, 3.8) is 0 Å².